The molecule has 2 heterocycles. The highest BCUT2D eigenvalue weighted by atomic mass is 127. The highest BCUT2D eigenvalue weighted by Gasteiger charge is 2.42. The Morgan fingerprint density at radius 1 is 1.33 bits per heavy atom. The third kappa shape index (κ3) is 6.57. The van der Waals surface area contributed by atoms with E-state index in [0.29, 0.717) is 17.9 Å². The number of benzene rings is 1. The number of rotatable bonds is 8. The number of nitrogens with zero attached hydrogens (tertiary/aromatic N) is 2. The van der Waals surface area contributed by atoms with Gasteiger partial charge >= 0.3 is 6.61 Å². The molecule has 2 aliphatic heterocycles. The van der Waals surface area contributed by atoms with Crippen molar-refractivity contribution in [3.63, 3.8) is 0 Å². The lowest BCUT2D eigenvalue weighted by atomic mass is 9.87. The van der Waals surface area contributed by atoms with Gasteiger partial charge in [-0.2, -0.15) is 8.78 Å². The predicted molar refractivity (Wildman–Crippen MR) is 123 cm³/mol. The molecule has 3 rings (SSSR count). The van der Waals surface area contributed by atoms with Crippen molar-refractivity contribution in [1.29, 1.82) is 0 Å². The molecule has 2 aliphatic rings. The highest BCUT2D eigenvalue weighted by Crippen LogP contribution is 2.38. The van der Waals surface area contributed by atoms with E-state index in [2.05, 4.69) is 10.2 Å². The molecule has 1 atom stereocenters. The number of hydrogen-bond acceptors (Lipinski definition) is 4. The summed E-state index contributed by atoms with van der Waals surface area (Å²) in [5, 5.41) is 3.32. The van der Waals surface area contributed by atoms with E-state index in [1.165, 1.54) is 6.07 Å². The van der Waals surface area contributed by atoms with Crippen LogP contribution < -0.4 is 14.8 Å². The maximum absolute atomic E-state index is 12.9. The Hall–Kier alpha value is -1.36. The maximum Gasteiger partial charge on any atom is 0.387 e. The average molecular weight is 539 g/mol. The molecular weight excluding hydrogens is 507 g/mol. The van der Waals surface area contributed by atoms with E-state index in [1.807, 2.05) is 13.8 Å². The number of halogens is 3. The molecule has 6 nitrogen and oxygen atoms in total. The fourth-order valence-electron chi connectivity index (χ4n) is 3.85. The smallest absolute Gasteiger partial charge is 0.387 e. The van der Waals surface area contributed by atoms with Gasteiger partial charge in [0.25, 0.3) is 0 Å². The second-order valence-corrected chi connectivity index (χ2v) is 7.64. The summed E-state index contributed by atoms with van der Waals surface area (Å²) in [4.78, 5) is 6.95. The minimum Gasteiger partial charge on any atom is -0.493 e. The Morgan fingerprint density at radius 3 is 2.83 bits per heavy atom. The van der Waals surface area contributed by atoms with Gasteiger partial charge in [0.2, 0.25) is 0 Å². The van der Waals surface area contributed by atoms with Gasteiger partial charge in [-0.15, -0.1) is 24.0 Å². The second kappa shape index (κ2) is 11.9. The van der Waals surface area contributed by atoms with Crippen molar-refractivity contribution >= 4 is 29.9 Å². The first kappa shape index (κ1) is 24.9. The molecule has 1 spiro atoms. The number of alkyl halides is 2. The Kier molecular flexibility index (Phi) is 9.86. The molecule has 9 heteroatoms. The third-order valence-electron chi connectivity index (χ3n) is 5.38. The number of guanidine groups is 1. The van der Waals surface area contributed by atoms with Crippen LogP contribution in [0.4, 0.5) is 8.78 Å². The van der Waals surface area contributed by atoms with Crippen molar-refractivity contribution in [3.8, 4) is 11.5 Å². The van der Waals surface area contributed by atoms with Crippen LogP contribution in [0.1, 0.15) is 38.7 Å². The van der Waals surface area contributed by atoms with Gasteiger partial charge in [-0.25, -0.2) is 4.99 Å². The third-order valence-corrected chi connectivity index (χ3v) is 5.38. The summed E-state index contributed by atoms with van der Waals surface area (Å²) in [7, 11) is 0. The molecule has 0 bridgehead atoms. The Labute approximate surface area is 194 Å². The zero-order chi connectivity index (χ0) is 20.7. The fourth-order valence-corrected chi connectivity index (χ4v) is 3.85. The highest BCUT2D eigenvalue weighted by molar-refractivity contribution is 14.0. The first-order valence-electron chi connectivity index (χ1n) is 10.4. The summed E-state index contributed by atoms with van der Waals surface area (Å²) in [5.74, 6) is 1.42. The second-order valence-electron chi connectivity index (χ2n) is 7.64. The standard InChI is InChI=1S/C21H31F2N3O3.HI/c1-3-10-28-17-6-5-16(18(12-17)29-19(22)23)13-25-20(24-4-2)26-9-7-21(14-26)8-11-27-15-21;/h5-6,12,19H,3-4,7-11,13-15H2,1-2H3,(H,24,25);1H. The summed E-state index contributed by atoms with van der Waals surface area (Å²) in [6.45, 7) is 6.07. The number of nitrogens with one attached hydrogen (secondary N) is 1. The normalized spacial score (nSPS) is 21.2. The summed E-state index contributed by atoms with van der Waals surface area (Å²) >= 11 is 0. The van der Waals surface area contributed by atoms with Crippen LogP contribution in [0.5, 0.6) is 11.5 Å². The predicted octanol–water partition coefficient (Wildman–Crippen LogP) is 4.27. The Balaban J connectivity index is 0.00000320. The molecule has 2 fully saturated rings. The summed E-state index contributed by atoms with van der Waals surface area (Å²) < 4.78 is 41.6. The summed E-state index contributed by atoms with van der Waals surface area (Å²) in [6.07, 6.45) is 3.00. The van der Waals surface area contributed by atoms with E-state index in [4.69, 9.17) is 19.2 Å². The first-order chi connectivity index (χ1) is 14.0. The maximum atomic E-state index is 12.9. The average Bonchev–Trinajstić information content (AvgIpc) is 3.34. The molecule has 0 aromatic heterocycles. The Morgan fingerprint density at radius 2 is 2.17 bits per heavy atom. The van der Waals surface area contributed by atoms with E-state index < -0.39 is 6.61 Å². The van der Waals surface area contributed by atoms with Crippen molar-refractivity contribution in [1.82, 2.24) is 10.2 Å². The van der Waals surface area contributed by atoms with Crippen LogP contribution in [0, 0.1) is 5.41 Å². The topological polar surface area (TPSA) is 55.3 Å². The lowest BCUT2D eigenvalue weighted by molar-refractivity contribution is -0.0505. The van der Waals surface area contributed by atoms with Gasteiger partial charge < -0.3 is 24.4 Å². The zero-order valence-electron chi connectivity index (χ0n) is 17.7. The molecule has 1 N–H and O–H groups in total. The van der Waals surface area contributed by atoms with Crippen molar-refractivity contribution < 1.29 is 23.0 Å². The molecular formula is C21H32F2IN3O3. The fraction of sp³-hybridized carbons (Fsp3) is 0.667. The molecule has 2 saturated heterocycles. The largest absolute Gasteiger partial charge is 0.493 e. The molecule has 1 aromatic carbocycles. The molecule has 0 saturated carbocycles. The van der Waals surface area contributed by atoms with Crippen LogP contribution in [0.3, 0.4) is 0 Å². The SMILES string of the molecule is CCCOc1ccc(CN=C(NCC)N2CCC3(CCOC3)C2)c(OC(F)F)c1.I. The van der Waals surface area contributed by atoms with Crippen LogP contribution in [0.25, 0.3) is 0 Å². The zero-order valence-corrected chi connectivity index (χ0v) is 20.0. The van der Waals surface area contributed by atoms with E-state index in [0.717, 1.165) is 58.1 Å². The minimum absolute atomic E-state index is 0. The quantitative estimate of drug-likeness (QED) is 0.304. The van der Waals surface area contributed by atoms with Crippen molar-refractivity contribution in [2.75, 3.05) is 39.5 Å². The number of ether oxygens (including phenoxy) is 3. The number of likely N-dealkylation sites (tertiary alicyclic amines) is 1. The summed E-state index contributed by atoms with van der Waals surface area (Å²) in [6, 6.07) is 5.03. The van der Waals surface area contributed by atoms with E-state index in [1.54, 1.807) is 12.1 Å². The van der Waals surface area contributed by atoms with Crippen LogP contribution in [-0.2, 0) is 11.3 Å². The number of aliphatic imine (C=N–C) groups is 1. The van der Waals surface area contributed by atoms with E-state index >= 15 is 0 Å². The van der Waals surface area contributed by atoms with Gasteiger partial charge in [0.15, 0.2) is 5.96 Å². The van der Waals surface area contributed by atoms with Gasteiger partial charge in [0, 0.05) is 43.3 Å². The molecule has 1 aromatic rings. The first-order valence-corrected chi connectivity index (χ1v) is 10.4. The van der Waals surface area contributed by atoms with Crippen LogP contribution in [0.2, 0.25) is 0 Å². The van der Waals surface area contributed by atoms with Crippen LogP contribution >= 0.6 is 24.0 Å². The van der Waals surface area contributed by atoms with Gasteiger partial charge in [0.05, 0.1) is 19.8 Å². The van der Waals surface area contributed by atoms with Gasteiger partial charge in [-0.3, -0.25) is 0 Å². The molecule has 1 unspecified atom stereocenters. The van der Waals surface area contributed by atoms with Crippen LogP contribution in [0.15, 0.2) is 23.2 Å². The van der Waals surface area contributed by atoms with Gasteiger partial charge in [-0.05, 0) is 38.3 Å². The lowest BCUT2D eigenvalue weighted by Gasteiger charge is -2.25. The van der Waals surface area contributed by atoms with Gasteiger partial charge in [-0.1, -0.05) is 6.92 Å². The van der Waals surface area contributed by atoms with E-state index in [-0.39, 0.29) is 41.7 Å². The lowest BCUT2D eigenvalue weighted by Crippen LogP contribution is -2.41. The molecule has 0 amide bonds. The monoisotopic (exact) mass is 539 g/mol. The van der Waals surface area contributed by atoms with Crippen LogP contribution in [-0.4, -0.2) is 56.9 Å². The molecule has 0 aliphatic carbocycles. The minimum atomic E-state index is -2.90. The number of hydrogen-bond donors (Lipinski definition) is 1. The van der Waals surface area contributed by atoms with Crippen molar-refractivity contribution in [2.45, 2.75) is 46.3 Å². The molecule has 170 valence electrons. The molecule has 0 radical (unpaired) electrons. The summed E-state index contributed by atoms with van der Waals surface area (Å²) in [5.41, 5.74) is 0.820. The molecule has 30 heavy (non-hydrogen) atoms. The van der Waals surface area contributed by atoms with Gasteiger partial charge in [0.1, 0.15) is 11.5 Å². The van der Waals surface area contributed by atoms with Crippen molar-refractivity contribution in [3.05, 3.63) is 23.8 Å². The van der Waals surface area contributed by atoms with Crippen molar-refractivity contribution in [2.24, 2.45) is 10.4 Å². The Bertz CT molecular complexity index is 700. The van der Waals surface area contributed by atoms with E-state index in [9.17, 15) is 8.78 Å².